The van der Waals surface area contributed by atoms with Gasteiger partial charge in [0.05, 0.1) is 12.2 Å². The molecule has 2 nitrogen and oxygen atoms in total. The van der Waals surface area contributed by atoms with Crippen molar-refractivity contribution in [1.29, 1.82) is 0 Å². The quantitative estimate of drug-likeness (QED) is 0.695. The number of fused-ring (bicyclic) bond motifs is 1. The zero-order chi connectivity index (χ0) is 10.1. The Labute approximate surface area is 90.6 Å². The molecule has 0 bridgehead atoms. The summed E-state index contributed by atoms with van der Waals surface area (Å²) < 4.78 is 6.07. The summed E-state index contributed by atoms with van der Waals surface area (Å²) in [5.41, 5.74) is 2.94. The molecule has 1 aromatic rings. The molecular formula is C13H17NO. The number of hydrogen-bond acceptors (Lipinski definition) is 2. The Morgan fingerprint density at radius 3 is 2.87 bits per heavy atom. The van der Waals surface area contributed by atoms with Gasteiger partial charge >= 0.3 is 0 Å². The number of ether oxygens (including phenoxy) is 1. The van der Waals surface area contributed by atoms with Crippen LogP contribution in [0.1, 0.15) is 24.0 Å². The molecule has 0 radical (unpaired) electrons. The van der Waals surface area contributed by atoms with Gasteiger partial charge in [-0.2, -0.15) is 0 Å². The van der Waals surface area contributed by atoms with E-state index in [0.717, 1.165) is 26.1 Å². The van der Waals surface area contributed by atoms with E-state index in [1.165, 1.54) is 24.0 Å². The smallest absolute Gasteiger partial charge is 0.0851 e. The van der Waals surface area contributed by atoms with Crippen LogP contribution in [-0.4, -0.2) is 18.7 Å². The molecule has 15 heavy (non-hydrogen) atoms. The Morgan fingerprint density at radius 2 is 2.07 bits per heavy atom. The maximum absolute atomic E-state index is 6.07. The minimum atomic E-state index is 0.0899. The highest BCUT2D eigenvalue weighted by atomic mass is 16.5. The van der Waals surface area contributed by atoms with E-state index in [2.05, 4.69) is 29.6 Å². The molecule has 0 amide bonds. The summed E-state index contributed by atoms with van der Waals surface area (Å²) in [6, 6.07) is 8.65. The lowest BCUT2D eigenvalue weighted by atomic mass is 9.84. The summed E-state index contributed by atoms with van der Waals surface area (Å²) in [7, 11) is 0. The molecule has 1 unspecified atom stereocenters. The lowest BCUT2D eigenvalue weighted by Gasteiger charge is -2.41. The monoisotopic (exact) mass is 203 g/mol. The molecule has 2 aliphatic heterocycles. The van der Waals surface area contributed by atoms with Gasteiger partial charge in [0.25, 0.3) is 0 Å². The van der Waals surface area contributed by atoms with Crippen molar-refractivity contribution in [2.75, 3.05) is 13.1 Å². The molecule has 2 aliphatic rings. The second-order valence-corrected chi connectivity index (χ2v) is 4.70. The first kappa shape index (κ1) is 9.37. The van der Waals surface area contributed by atoms with Gasteiger partial charge in [0.2, 0.25) is 0 Å². The summed E-state index contributed by atoms with van der Waals surface area (Å²) in [6.07, 6.45) is 3.52. The van der Waals surface area contributed by atoms with E-state index >= 15 is 0 Å². The first-order chi connectivity index (χ1) is 7.38. The topological polar surface area (TPSA) is 21.3 Å². The van der Waals surface area contributed by atoms with Gasteiger partial charge in [0, 0.05) is 13.0 Å². The van der Waals surface area contributed by atoms with E-state index in [-0.39, 0.29) is 5.60 Å². The molecule has 1 atom stereocenters. The molecule has 1 aromatic carbocycles. The minimum Gasteiger partial charge on any atom is -0.369 e. The van der Waals surface area contributed by atoms with Crippen molar-refractivity contribution < 1.29 is 4.74 Å². The van der Waals surface area contributed by atoms with E-state index < -0.39 is 0 Å². The molecule has 80 valence electrons. The number of piperidine rings is 1. The van der Waals surface area contributed by atoms with Crippen molar-refractivity contribution in [3.8, 4) is 0 Å². The van der Waals surface area contributed by atoms with Gasteiger partial charge in [0.15, 0.2) is 0 Å². The molecule has 0 saturated carbocycles. The molecule has 2 heterocycles. The third kappa shape index (κ3) is 1.68. The average Bonchev–Trinajstić information content (AvgIpc) is 2.30. The summed E-state index contributed by atoms with van der Waals surface area (Å²) in [6.45, 7) is 2.95. The minimum absolute atomic E-state index is 0.0899. The van der Waals surface area contributed by atoms with Crippen LogP contribution >= 0.6 is 0 Å². The Hall–Kier alpha value is -0.860. The fraction of sp³-hybridized carbons (Fsp3) is 0.538. The second kappa shape index (κ2) is 3.62. The van der Waals surface area contributed by atoms with Crippen molar-refractivity contribution in [2.24, 2.45) is 0 Å². The number of benzene rings is 1. The molecule has 1 spiro atoms. The highest BCUT2D eigenvalue weighted by Gasteiger charge is 2.36. The molecule has 0 aliphatic carbocycles. The van der Waals surface area contributed by atoms with Crippen LogP contribution in [-0.2, 0) is 17.8 Å². The standard InChI is InChI=1S/C13H17NO/c1-2-5-12-9-15-13(8-11(12)4-1)6-3-7-14-10-13/h1-2,4-5,14H,3,6-10H2. The highest BCUT2D eigenvalue weighted by Crippen LogP contribution is 2.32. The van der Waals surface area contributed by atoms with Crippen molar-refractivity contribution in [2.45, 2.75) is 31.5 Å². The number of rotatable bonds is 0. The van der Waals surface area contributed by atoms with E-state index in [4.69, 9.17) is 4.74 Å². The molecule has 1 saturated heterocycles. The summed E-state index contributed by atoms with van der Waals surface area (Å²) in [4.78, 5) is 0. The van der Waals surface area contributed by atoms with E-state index in [1.807, 2.05) is 0 Å². The van der Waals surface area contributed by atoms with Crippen LogP contribution in [0.15, 0.2) is 24.3 Å². The van der Waals surface area contributed by atoms with Crippen LogP contribution in [0.3, 0.4) is 0 Å². The molecular weight excluding hydrogens is 186 g/mol. The van der Waals surface area contributed by atoms with Crippen LogP contribution < -0.4 is 5.32 Å². The first-order valence-corrected chi connectivity index (χ1v) is 5.80. The molecule has 3 rings (SSSR count). The van der Waals surface area contributed by atoms with Gasteiger partial charge < -0.3 is 10.1 Å². The van der Waals surface area contributed by atoms with Crippen molar-refractivity contribution in [3.63, 3.8) is 0 Å². The lowest BCUT2D eigenvalue weighted by molar-refractivity contribution is -0.0805. The molecule has 2 heteroatoms. The summed E-state index contributed by atoms with van der Waals surface area (Å²) >= 11 is 0. The van der Waals surface area contributed by atoms with Gasteiger partial charge in [0.1, 0.15) is 0 Å². The molecule has 1 N–H and O–H groups in total. The van der Waals surface area contributed by atoms with Crippen LogP contribution in [0.25, 0.3) is 0 Å². The predicted molar refractivity (Wildman–Crippen MR) is 59.8 cm³/mol. The van der Waals surface area contributed by atoms with Gasteiger partial charge in [-0.25, -0.2) is 0 Å². The third-order valence-corrected chi connectivity index (χ3v) is 3.60. The third-order valence-electron chi connectivity index (χ3n) is 3.60. The largest absolute Gasteiger partial charge is 0.369 e. The Morgan fingerprint density at radius 1 is 1.20 bits per heavy atom. The zero-order valence-electron chi connectivity index (χ0n) is 8.96. The normalized spacial score (nSPS) is 30.1. The zero-order valence-corrected chi connectivity index (χ0v) is 8.96. The Bertz CT molecular complexity index is 355. The van der Waals surface area contributed by atoms with Crippen LogP contribution in [0.4, 0.5) is 0 Å². The molecule has 1 fully saturated rings. The van der Waals surface area contributed by atoms with Gasteiger partial charge in [-0.3, -0.25) is 0 Å². The average molecular weight is 203 g/mol. The van der Waals surface area contributed by atoms with Crippen LogP contribution in [0.5, 0.6) is 0 Å². The summed E-state index contributed by atoms with van der Waals surface area (Å²) in [5.74, 6) is 0. The van der Waals surface area contributed by atoms with Crippen molar-refractivity contribution in [3.05, 3.63) is 35.4 Å². The number of hydrogen-bond donors (Lipinski definition) is 1. The fourth-order valence-electron chi connectivity index (χ4n) is 2.71. The van der Waals surface area contributed by atoms with Gasteiger partial charge in [-0.1, -0.05) is 24.3 Å². The summed E-state index contributed by atoms with van der Waals surface area (Å²) in [5, 5.41) is 3.45. The van der Waals surface area contributed by atoms with E-state index in [0.29, 0.717) is 0 Å². The van der Waals surface area contributed by atoms with E-state index in [9.17, 15) is 0 Å². The first-order valence-electron chi connectivity index (χ1n) is 5.80. The highest BCUT2D eigenvalue weighted by molar-refractivity contribution is 5.30. The van der Waals surface area contributed by atoms with Crippen LogP contribution in [0, 0.1) is 0 Å². The van der Waals surface area contributed by atoms with Crippen molar-refractivity contribution in [1.82, 2.24) is 5.32 Å². The van der Waals surface area contributed by atoms with Crippen molar-refractivity contribution >= 4 is 0 Å². The fourth-order valence-corrected chi connectivity index (χ4v) is 2.71. The Balaban J connectivity index is 1.87. The van der Waals surface area contributed by atoms with Gasteiger partial charge in [-0.05, 0) is 30.5 Å². The van der Waals surface area contributed by atoms with E-state index in [1.54, 1.807) is 0 Å². The maximum Gasteiger partial charge on any atom is 0.0851 e. The maximum atomic E-state index is 6.07. The lowest BCUT2D eigenvalue weighted by Crippen LogP contribution is -2.50. The predicted octanol–water partition coefficient (Wildman–Crippen LogP) is 1.88. The van der Waals surface area contributed by atoms with Crippen LogP contribution in [0.2, 0.25) is 0 Å². The number of nitrogens with one attached hydrogen (secondary N) is 1. The second-order valence-electron chi connectivity index (χ2n) is 4.70. The van der Waals surface area contributed by atoms with Gasteiger partial charge in [-0.15, -0.1) is 0 Å². The Kier molecular flexibility index (Phi) is 2.26. The molecule has 0 aromatic heterocycles. The SMILES string of the molecule is c1ccc2c(c1)COC1(CCCNC1)C2.